The van der Waals surface area contributed by atoms with Crippen LogP contribution in [0.1, 0.15) is 76.3 Å². The van der Waals surface area contributed by atoms with Gasteiger partial charge in [0, 0.05) is 35.6 Å². The molecule has 2 aromatic rings. The molecule has 1 N–H and O–H groups in total. The summed E-state index contributed by atoms with van der Waals surface area (Å²) in [4.78, 5) is 26.2. The van der Waals surface area contributed by atoms with Crippen molar-refractivity contribution in [2.45, 2.75) is 71.3 Å². The molecular weight excluding hydrogens is 426 g/mol. The molecule has 1 heterocycles. The van der Waals surface area contributed by atoms with Gasteiger partial charge in [0.25, 0.3) is 0 Å². The zero-order valence-electron chi connectivity index (χ0n) is 20.6. The number of rotatable bonds is 8. The number of allylic oxidation sites excluding steroid dienone is 2. The molecule has 0 spiro atoms. The molecule has 1 aliphatic carbocycles. The normalized spacial score (nSPS) is 21.2. The Morgan fingerprint density at radius 3 is 2.41 bits per heavy atom. The van der Waals surface area contributed by atoms with E-state index in [9.17, 15) is 9.59 Å². The van der Waals surface area contributed by atoms with Crippen molar-refractivity contribution in [1.82, 2.24) is 5.32 Å². The zero-order chi connectivity index (χ0) is 24.2. The molecule has 180 valence electrons. The molecule has 2 aliphatic rings. The summed E-state index contributed by atoms with van der Waals surface area (Å²) in [5.41, 5.74) is 3.52. The fourth-order valence-corrected chi connectivity index (χ4v) is 4.74. The number of ketones is 1. The Balaban J connectivity index is 1.60. The van der Waals surface area contributed by atoms with Crippen molar-refractivity contribution >= 4 is 11.7 Å². The summed E-state index contributed by atoms with van der Waals surface area (Å²) in [6.07, 6.45) is 2.29. The van der Waals surface area contributed by atoms with Crippen molar-refractivity contribution < 1.29 is 19.1 Å². The number of amides is 1. The number of Topliss-reactive ketones (excluding diaryl/α,β-unsaturated/α-hetero) is 1. The number of nitrogens with one attached hydrogen (secondary N) is 1. The van der Waals surface area contributed by atoms with Crippen LogP contribution in [0, 0.1) is 5.92 Å². The molecule has 0 fully saturated rings. The lowest BCUT2D eigenvalue weighted by atomic mass is 9.73. The van der Waals surface area contributed by atoms with Gasteiger partial charge in [-0.1, -0.05) is 51.1 Å². The molecule has 1 aliphatic heterocycles. The predicted molar refractivity (Wildman–Crippen MR) is 133 cm³/mol. The molecule has 0 bridgehead atoms. The average molecular weight is 462 g/mol. The van der Waals surface area contributed by atoms with Crippen LogP contribution in [0.2, 0.25) is 0 Å². The van der Waals surface area contributed by atoms with Gasteiger partial charge in [-0.05, 0) is 55.4 Å². The van der Waals surface area contributed by atoms with Crippen molar-refractivity contribution in [3.63, 3.8) is 0 Å². The number of benzene rings is 2. The van der Waals surface area contributed by atoms with Gasteiger partial charge >= 0.3 is 0 Å². The van der Waals surface area contributed by atoms with E-state index in [4.69, 9.17) is 9.47 Å². The molecule has 3 unspecified atom stereocenters. The Kier molecular flexibility index (Phi) is 7.40. The monoisotopic (exact) mass is 461 g/mol. The van der Waals surface area contributed by atoms with E-state index >= 15 is 0 Å². The fourth-order valence-electron chi connectivity index (χ4n) is 4.74. The molecule has 5 heteroatoms. The van der Waals surface area contributed by atoms with Crippen molar-refractivity contribution in [1.29, 1.82) is 0 Å². The molecule has 1 amide bonds. The van der Waals surface area contributed by atoms with Crippen LogP contribution < -0.4 is 14.8 Å². The minimum atomic E-state index is -0.274. The van der Waals surface area contributed by atoms with Crippen molar-refractivity contribution in [2.24, 2.45) is 5.92 Å². The number of hydrogen-bond acceptors (Lipinski definition) is 4. The van der Waals surface area contributed by atoms with Crippen molar-refractivity contribution in [3.05, 3.63) is 70.9 Å². The summed E-state index contributed by atoms with van der Waals surface area (Å²) in [6, 6.07) is 15.8. The molecule has 5 nitrogen and oxygen atoms in total. The molecule has 0 saturated heterocycles. The zero-order valence-corrected chi connectivity index (χ0v) is 20.6. The van der Waals surface area contributed by atoms with Gasteiger partial charge in [-0.25, -0.2) is 0 Å². The number of hydrogen-bond donors (Lipinski definition) is 1. The van der Waals surface area contributed by atoms with Gasteiger partial charge in [-0.3, -0.25) is 9.59 Å². The average Bonchev–Trinajstić information content (AvgIpc) is 2.82. The molecule has 0 radical (unpaired) electrons. The quantitative estimate of drug-likeness (QED) is 0.531. The standard InChI is InChI=1S/C29H35NO4/c1-5-19(4)34-27-9-7-6-8-23(27)24-16-28(32)30-25-14-21(15-26(31)29(24)25)20-10-12-22(13-11-20)33-17-18(2)3/h6-13,18-19,21,24H,5,14-17H2,1-4H3,(H,30,32). The van der Waals surface area contributed by atoms with Crippen LogP contribution in [-0.2, 0) is 9.59 Å². The van der Waals surface area contributed by atoms with Crippen LogP contribution in [0.25, 0.3) is 0 Å². The van der Waals surface area contributed by atoms with E-state index in [2.05, 4.69) is 26.1 Å². The highest BCUT2D eigenvalue weighted by molar-refractivity contribution is 6.02. The maximum Gasteiger partial charge on any atom is 0.225 e. The SMILES string of the molecule is CCC(C)Oc1ccccc1C1CC(=O)NC2=C1C(=O)CC(c1ccc(OCC(C)C)cc1)C2. The second kappa shape index (κ2) is 10.5. The van der Waals surface area contributed by atoms with Gasteiger partial charge in [0.2, 0.25) is 5.91 Å². The third-order valence-electron chi connectivity index (χ3n) is 6.67. The predicted octanol–water partition coefficient (Wildman–Crippen LogP) is 5.90. The van der Waals surface area contributed by atoms with E-state index in [1.807, 2.05) is 55.5 Å². The van der Waals surface area contributed by atoms with Gasteiger partial charge < -0.3 is 14.8 Å². The largest absolute Gasteiger partial charge is 0.493 e. The first-order valence-electron chi connectivity index (χ1n) is 12.4. The summed E-state index contributed by atoms with van der Waals surface area (Å²) in [7, 11) is 0. The highest BCUT2D eigenvalue weighted by Gasteiger charge is 2.39. The van der Waals surface area contributed by atoms with Crippen LogP contribution in [0.4, 0.5) is 0 Å². The first-order valence-corrected chi connectivity index (χ1v) is 12.4. The Labute approximate surface area is 202 Å². The van der Waals surface area contributed by atoms with Crippen LogP contribution >= 0.6 is 0 Å². The summed E-state index contributed by atoms with van der Waals surface area (Å²) in [6.45, 7) is 9.02. The number of ether oxygens (including phenoxy) is 2. The molecule has 2 aromatic carbocycles. The van der Waals surface area contributed by atoms with E-state index in [1.165, 1.54) is 0 Å². The lowest BCUT2D eigenvalue weighted by Gasteiger charge is -2.35. The molecule has 3 atom stereocenters. The topological polar surface area (TPSA) is 64.6 Å². The number of carbonyl (C=O) groups excluding carboxylic acids is 2. The highest BCUT2D eigenvalue weighted by Crippen LogP contribution is 2.44. The fraction of sp³-hybridized carbons (Fsp3) is 0.448. The first kappa shape index (κ1) is 24.1. The molecule has 34 heavy (non-hydrogen) atoms. The number of para-hydroxylation sites is 1. The van der Waals surface area contributed by atoms with E-state index in [1.54, 1.807) is 0 Å². The van der Waals surface area contributed by atoms with Crippen molar-refractivity contribution in [2.75, 3.05) is 6.61 Å². The van der Waals surface area contributed by atoms with Crippen LogP contribution in [-0.4, -0.2) is 24.4 Å². The van der Waals surface area contributed by atoms with Gasteiger partial charge in [0.15, 0.2) is 5.78 Å². The third kappa shape index (κ3) is 5.35. The van der Waals surface area contributed by atoms with E-state index in [-0.39, 0.29) is 36.1 Å². The van der Waals surface area contributed by atoms with E-state index in [0.29, 0.717) is 25.4 Å². The van der Waals surface area contributed by atoms with Crippen LogP contribution in [0.15, 0.2) is 59.8 Å². The van der Waals surface area contributed by atoms with Gasteiger partial charge in [-0.2, -0.15) is 0 Å². The third-order valence-corrected chi connectivity index (χ3v) is 6.67. The van der Waals surface area contributed by atoms with Crippen LogP contribution in [0.5, 0.6) is 11.5 Å². The summed E-state index contributed by atoms with van der Waals surface area (Å²) >= 11 is 0. The highest BCUT2D eigenvalue weighted by atomic mass is 16.5. The molecule has 4 rings (SSSR count). The lowest BCUT2D eigenvalue weighted by molar-refractivity contribution is -0.122. The minimum Gasteiger partial charge on any atom is -0.493 e. The van der Waals surface area contributed by atoms with E-state index < -0.39 is 0 Å². The maximum absolute atomic E-state index is 13.5. The maximum atomic E-state index is 13.5. The number of carbonyl (C=O) groups is 2. The smallest absolute Gasteiger partial charge is 0.225 e. The van der Waals surface area contributed by atoms with Gasteiger partial charge in [0.05, 0.1) is 12.7 Å². The minimum absolute atomic E-state index is 0.0380. The van der Waals surface area contributed by atoms with Crippen molar-refractivity contribution in [3.8, 4) is 11.5 Å². The van der Waals surface area contributed by atoms with Gasteiger partial charge in [0.1, 0.15) is 11.5 Å². The second-order valence-corrected chi connectivity index (χ2v) is 9.87. The summed E-state index contributed by atoms with van der Waals surface area (Å²) in [5.74, 6) is 1.88. The Morgan fingerprint density at radius 2 is 1.71 bits per heavy atom. The van der Waals surface area contributed by atoms with Crippen LogP contribution in [0.3, 0.4) is 0 Å². The first-order chi connectivity index (χ1) is 16.4. The Bertz CT molecular complexity index is 1070. The van der Waals surface area contributed by atoms with Gasteiger partial charge in [-0.15, -0.1) is 0 Å². The molecule has 0 aromatic heterocycles. The van der Waals surface area contributed by atoms with E-state index in [0.717, 1.165) is 40.3 Å². The second-order valence-electron chi connectivity index (χ2n) is 9.87. The summed E-state index contributed by atoms with van der Waals surface area (Å²) < 4.78 is 12.0. The Hall–Kier alpha value is -3.08. The lowest BCUT2D eigenvalue weighted by Crippen LogP contribution is -2.38. The Morgan fingerprint density at radius 1 is 0.971 bits per heavy atom. The summed E-state index contributed by atoms with van der Waals surface area (Å²) in [5, 5.41) is 3.02. The molecule has 0 saturated carbocycles. The molecular formula is C29H35NO4.